The maximum Gasteiger partial charge on any atom is 0.267 e. The Kier molecular flexibility index (Phi) is 6.01. The van der Waals surface area contributed by atoms with Crippen molar-refractivity contribution in [3.8, 4) is 0 Å². The summed E-state index contributed by atoms with van der Waals surface area (Å²) in [5.74, 6) is -0.660. The van der Waals surface area contributed by atoms with Crippen molar-refractivity contribution in [3.05, 3.63) is 107 Å². The van der Waals surface area contributed by atoms with Crippen molar-refractivity contribution < 1.29 is 14.8 Å². The number of nitrogens with zero attached hydrogens (tertiary/aromatic N) is 2. The average Bonchev–Trinajstić information content (AvgIpc) is 2.95. The Balaban J connectivity index is 1.62. The molecule has 1 aliphatic heterocycles. The zero-order valence-corrected chi connectivity index (χ0v) is 16.7. The largest absolute Gasteiger partial charge is 0.306 e. The van der Waals surface area contributed by atoms with Crippen LogP contribution in [0.4, 0.5) is 5.69 Å². The summed E-state index contributed by atoms with van der Waals surface area (Å²) in [5.41, 5.74) is 6.87. The molecule has 3 aromatic rings. The van der Waals surface area contributed by atoms with E-state index >= 15 is 0 Å². The summed E-state index contributed by atoms with van der Waals surface area (Å²) in [7, 11) is 0. The van der Waals surface area contributed by atoms with E-state index in [4.69, 9.17) is 5.21 Å². The van der Waals surface area contributed by atoms with E-state index in [0.29, 0.717) is 6.54 Å². The minimum absolute atomic E-state index is 0.0676. The lowest BCUT2D eigenvalue weighted by Crippen LogP contribution is -2.31. The van der Waals surface area contributed by atoms with Crippen LogP contribution in [-0.4, -0.2) is 29.3 Å². The second-order valence-electron chi connectivity index (χ2n) is 7.08. The summed E-state index contributed by atoms with van der Waals surface area (Å²) < 4.78 is 0. The molecule has 0 fully saturated rings. The van der Waals surface area contributed by atoms with E-state index in [-0.39, 0.29) is 12.5 Å². The molecule has 0 aromatic heterocycles. The fraction of sp³-hybridized carbons (Fsp3) is 0.0800. The molecule has 0 saturated carbocycles. The smallest absolute Gasteiger partial charge is 0.267 e. The number of rotatable bonds is 5. The molecule has 0 aliphatic carbocycles. The van der Waals surface area contributed by atoms with Gasteiger partial charge in [-0.25, -0.2) is 5.48 Å². The van der Waals surface area contributed by atoms with Crippen molar-refractivity contribution in [1.29, 1.82) is 0 Å². The van der Waals surface area contributed by atoms with Gasteiger partial charge >= 0.3 is 0 Å². The third kappa shape index (κ3) is 4.60. The Labute approximate surface area is 180 Å². The number of hydrogen-bond acceptors (Lipinski definition) is 4. The second-order valence-corrected chi connectivity index (χ2v) is 7.08. The fourth-order valence-electron chi connectivity index (χ4n) is 3.50. The van der Waals surface area contributed by atoms with Crippen molar-refractivity contribution in [2.45, 2.75) is 6.54 Å². The Hall–Kier alpha value is -4.03. The molecular weight excluding hydrogens is 390 g/mol. The zero-order valence-electron chi connectivity index (χ0n) is 16.7. The molecule has 0 bridgehead atoms. The number of carbonyl (C=O) groups excluding carboxylic acids is 2. The van der Waals surface area contributed by atoms with Crippen molar-refractivity contribution in [2.24, 2.45) is 4.99 Å². The highest BCUT2D eigenvalue weighted by atomic mass is 16.5. The van der Waals surface area contributed by atoms with Gasteiger partial charge in [0.25, 0.3) is 5.91 Å². The molecule has 6 heteroatoms. The lowest BCUT2D eigenvalue weighted by Gasteiger charge is -2.23. The predicted molar refractivity (Wildman–Crippen MR) is 120 cm³/mol. The van der Waals surface area contributed by atoms with E-state index in [0.717, 1.165) is 33.7 Å². The van der Waals surface area contributed by atoms with Gasteiger partial charge in [-0.2, -0.15) is 0 Å². The first kappa shape index (κ1) is 20.3. The van der Waals surface area contributed by atoms with Crippen molar-refractivity contribution in [3.63, 3.8) is 0 Å². The standard InChI is InChI=1S/C25H21N3O3/c29-23(27-31)15-14-18-10-12-19(13-11-18)17-28-22-9-5-4-8-21(22)25(26-16-24(28)30)20-6-2-1-3-7-20/h1-15,31H,16-17H2,(H,27,29)/b15-14+. The van der Waals surface area contributed by atoms with Crippen LogP contribution in [0.2, 0.25) is 0 Å². The van der Waals surface area contributed by atoms with E-state index in [1.165, 1.54) is 6.08 Å². The Morgan fingerprint density at radius 2 is 1.71 bits per heavy atom. The monoisotopic (exact) mass is 411 g/mol. The molecule has 3 aromatic carbocycles. The van der Waals surface area contributed by atoms with Gasteiger partial charge in [-0.3, -0.25) is 19.8 Å². The van der Waals surface area contributed by atoms with Gasteiger partial charge < -0.3 is 4.90 Å². The number of benzene rings is 3. The van der Waals surface area contributed by atoms with Crippen LogP contribution in [0.1, 0.15) is 22.3 Å². The highest BCUT2D eigenvalue weighted by molar-refractivity contribution is 6.19. The third-order valence-corrected chi connectivity index (χ3v) is 5.03. The predicted octanol–water partition coefficient (Wildman–Crippen LogP) is 3.59. The van der Waals surface area contributed by atoms with E-state index in [1.54, 1.807) is 16.5 Å². The molecule has 1 aliphatic rings. The molecule has 0 saturated heterocycles. The summed E-state index contributed by atoms with van der Waals surface area (Å²) in [6.45, 7) is 0.491. The molecule has 0 unspecified atom stereocenters. The van der Waals surface area contributed by atoms with E-state index in [9.17, 15) is 9.59 Å². The summed E-state index contributed by atoms with van der Waals surface area (Å²) in [5, 5.41) is 8.56. The van der Waals surface area contributed by atoms with Crippen LogP contribution in [0.5, 0.6) is 0 Å². The molecule has 2 N–H and O–H groups in total. The Morgan fingerprint density at radius 3 is 2.45 bits per heavy atom. The van der Waals surface area contributed by atoms with Crippen LogP contribution >= 0.6 is 0 Å². The van der Waals surface area contributed by atoms with Crippen LogP contribution in [0.15, 0.2) is 89.9 Å². The van der Waals surface area contributed by atoms with E-state index < -0.39 is 5.91 Å². The minimum Gasteiger partial charge on any atom is -0.306 e. The molecule has 6 nitrogen and oxygen atoms in total. The number of hydroxylamine groups is 1. The number of aliphatic imine (C=N–C) groups is 1. The molecule has 0 atom stereocenters. The topological polar surface area (TPSA) is 82.0 Å². The van der Waals surface area contributed by atoms with Crippen LogP contribution < -0.4 is 10.4 Å². The third-order valence-electron chi connectivity index (χ3n) is 5.03. The molecule has 2 amide bonds. The first-order valence-electron chi connectivity index (χ1n) is 9.86. The van der Waals surface area contributed by atoms with Crippen molar-refractivity contribution >= 4 is 29.3 Å². The van der Waals surface area contributed by atoms with E-state index in [2.05, 4.69) is 4.99 Å². The summed E-state index contributed by atoms with van der Waals surface area (Å²) in [6, 6.07) is 25.2. The number of para-hydroxylation sites is 1. The van der Waals surface area contributed by atoms with Gasteiger partial charge in [0, 0.05) is 17.2 Å². The molecule has 4 rings (SSSR count). The number of carbonyl (C=O) groups is 2. The van der Waals surface area contributed by atoms with Crippen molar-refractivity contribution in [2.75, 3.05) is 11.4 Å². The lowest BCUT2D eigenvalue weighted by atomic mass is 10.00. The molecule has 0 radical (unpaired) electrons. The zero-order chi connectivity index (χ0) is 21.6. The average molecular weight is 411 g/mol. The van der Waals surface area contributed by atoms with Gasteiger partial charge in [0.2, 0.25) is 5.91 Å². The number of benzodiazepines with no additional fused rings is 1. The quantitative estimate of drug-likeness (QED) is 0.382. The summed E-state index contributed by atoms with van der Waals surface area (Å²) >= 11 is 0. The van der Waals surface area contributed by atoms with Gasteiger partial charge in [0.05, 0.1) is 17.9 Å². The van der Waals surface area contributed by atoms with Gasteiger partial charge in [-0.05, 0) is 23.3 Å². The maximum absolute atomic E-state index is 13.0. The van der Waals surface area contributed by atoms with Crippen LogP contribution in [-0.2, 0) is 16.1 Å². The molecule has 31 heavy (non-hydrogen) atoms. The SMILES string of the molecule is O=C(/C=C/c1ccc(CN2C(=O)CN=C(c3ccccc3)c3ccccc32)cc1)NO. The first-order chi connectivity index (χ1) is 15.2. The molecule has 154 valence electrons. The molecule has 0 spiro atoms. The number of anilines is 1. The highest BCUT2D eigenvalue weighted by Crippen LogP contribution is 2.28. The fourth-order valence-corrected chi connectivity index (χ4v) is 3.50. The van der Waals surface area contributed by atoms with Crippen LogP contribution in [0.25, 0.3) is 6.08 Å². The van der Waals surface area contributed by atoms with E-state index in [1.807, 2.05) is 78.9 Å². The van der Waals surface area contributed by atoms with Gasteiger partial charge in [-0.1, -0.05) is 72.8 Å². The molecule has 1 heterocycles. The number of hydrogen-bond donors (Lipinski definition) is 2. The van der Waals surface area contributed by atoms with Crippen LogP contribution in [0, 0.1) is 0 Å². The Morgan fingerprint density at radius 1 is 1.00 bits per heavy atom. The van der Waals surface area contributed by atoms with Gasteiger partial charge in [0.1, 0.15) is 6.54 Å². The highest BCUT2D eigenvalue weighted by Gasteiger charge is 2.24. The lowest BCUT2D eigenvalue weighted by molar-refractivity contribution is -0.124. The summed E-state index contributed by atoms with van der Waals surface area (Å²) in [4.78, 5) is 30.5. The van der Waals surface area contributed by atoms with Crippen molar-refractivity contribution in [1.82, 2.24) is 5.48 Å². The normalized spacial score (nSPS) is 13.5. The maximum atomic E-state index is 13.0. The van der Waals surface area contributed by atoms with Crippen LogP contribution in [0.3, 0.4) is 0 Å². The first-order valence-corrected chi connectivity index (χ1v) is 9.86. The second kappa shape index (κ2) is 9.19. The van der Waals surface area contributed by atoms with Gasteiger partial charge in [-0.15, -0.1) is 0 Å². The molecular formula is C25H21N3O3. The number of nitrogens with one attached hydrogen (secondary N) is 1. The summed E-state index contributed by atoms with van der Waals surface area (Å²) in [6.07, 6.45) is 2.84. The number of amides is 2. The minimum atomic E-state index is -0.593. The van der Waals surface area contributed by atoms with Gasteiger partial charge in [0.15, 0.2) is 0 Å². The number of fused-ring (bicyclic) bond motifs is 1. The Bertz CT molecular complexity index is 1150.